The second-order valence-corrected chi connectivity index (χ2v) is 4.78. The quantitative estimate of drug-likeness (QED) is 0.730. The Morgan fingerprint density at radius 3 is 1.50 bits per heavy atom. The normalized spacial score (nSPS) is 15.8. The van der Waals surface area contributed by atoms with Crippen LogP contribution in [0.15, 0.2) is 60.7 Å². The zero-order chi connectivity index (χ0) is 12.2. The van der Waals surface area contributed by atoms with Crippen molar-refractivity contribution in [3.63, 3.8) is 0 Å². The smallest absolute Gasteiger partial charge is 0.0686 e. The number of hydrogen-bond acceptors (Lipinski definition) is 1. The van der Waals surface area contributed by atoms with Crippen molar-refractivity contribution in [2.45, 2.75) is 25.7 Å². The molecule has 2 aromatic rings. The van der Waals surface area contributed by atoms with Gasteiger partial charge in [0.25, 0.3) is 0 Å². The van der Waals surface area contributed by atoms with Crippen LogP contribution >= 0.6 is 0 Å². The van der Waals surface area contributed by atoms with Crippen LogP contribution in [0.5, 0.6) is 0 Å². The lowest BCUT2D eigenvalue weighted by Gasteiger charge is -2.30. The van der Waals surface area contributed by atoms with Gasteiger partial charge in [-0.15, -0.1) is 0 Å². The van der Waals surface area contributed by atoms with Gasteiger partial charge in [0.1, 0.15) is 0 Å². The molecule has 1 radical (unpaired) electrons. The van der Waals surface area contributed by atoms with E-state index in [1.54, 1.807) is 6.04 Å². The molecule has 0 atom stereocenters. The predicted octanol–water partition coefficient (Wildman–Crippen LogP) is 4.93. The third kappa shape index (κ3) is 2.26. The van der Waals surface area contributed by atoms with Gasteiger partial charge < -0.3 is 4.90 Å². The molecule has 18 heavy (non-hydrogen) atoms. The van der Waals surface area contributed by atoms with Gasteiger partial charge in [0, 0.05) is 11.4 Å². The van der Waals surface area contributed by atoms with E-state index in [1.807, 2.05) is 0 Å². The van der Waals surface area contributed by atoms with Gasteiger partial charge in [-0.1, -0.05) is 49.2 Å². The minimum atomic E-state index is 1.23. The molecule has 0 saturated heterocycles. The van der Waals surface area contributed by atoms with E-state index >= 15 is 0 Å². The molecule has 1 nitrogen and oxygen atoms in total. The summed E-state index contributed by atoms with van der Waals surface area (Å²) in [5.41, 5.74) is 2.56. The Hall–Kier alpha value is -1.76. The van der Waals surface area contributed by atoms with E-state index in [-0.39, 0.29) is 0 Å². The molecule has 0 amide bonds. The summed E-state index contributed by atoms with van der Waals surface area (Å²) < 4.78 is 0. The summed E-state index contributed by atoms with van der Waals surface area (Å²) in [6, 6.07) is 22.9. The average molecular weight is 236 g/mol. The van der Waals surface area contributed by atoms with Crippen molar-refractivity contribution in [2.75, 3.05) is 4.90 Å². The summed E-state index contributed by atoms with van der Waals surface area (Å²) >= 11 is 0. The Labute approximate surface area is 109 Å². The Morgan fingerprint density at radius 1 is 0.611 bits per heavy atom. The minimum absolute atomic E-state index is 1.23. The first-order valence-corrected chi connectivity index (χ1v) is 6.70. The van der Waals surface area contributed by atoms with E-state index < -0.39 is 0 Å². The molecule has 0 spiro atoms. The van der Waals surface area contributed by atoms with Crippen molar-refractivity contribution in [3.05, 3.63) is 66.7 Å². The lowest BCUT2D eigenvalue weighted by atomic mass is 10.1. The van der Waals surface area contributed by atoms with Gasteiger partial charge in [0.15, 0.2) is 0 Å². The summed E-state index contributed by atoms with van der Waals surface area (Å²) in [6.45, 7) is 0. The van der Waals surface area contributed by atoms with Gasteiger partial charge in [-0.05, 0) is 37.1 Å². The molecule has 0 heterocycles. The second kappa shape index (κ2) is 5.26. The Kier molecular flexibility index (Phi) is 3.31. The molecular formula is C17H18N. The summed E-state index contributed by atoms with van der Waals surface area (Å²) in [4.78, 5) is 2.42. The van der Waals surface area contributed by atoms with Crippen LogP contribution < -0.4 is 4.90 Å². The van der Waals surface area contributed by atoms with Crippen LogP contribution in [0.1, 0.15) is 25.7 Å². The van der Waals surface area contributed by atoms with Crippen LogP contribution in [-0.4, -0.2) is 0 Å². The number of rotatable bonds is 3. The summed E-state index contributed by atoms with van der Waals surface area (Å²) in [6.07, 6.45) is 5.10. The monoisotopic (exact) mass is 236 g/mol. The number of benzene rings is 2. The number of nitrogens with zero attached hydrogens (tertiary/aromatic N) is 1. The van der Waals surface area contributed by atoms with Crippen LogP contribution in [0, 0.1) is 6.04 Å². The molecule has 1 saturated carbocycles. The highest BCUT2D eigenvalue weighted by molar-refractivity contribution is 5.66. The van der Waals surface area contributed by atoms with E-state index in [9.17, 15) is 0 Å². The molecule has 2 aromatic carbocycles. The molecule has 1 heteroatoms. The topological polar surface area (TPSA) is 3.24 Å². The van der Waals surface area contributed by atoms with Crippen LogP contribution in [0.2, 0.25) is 0 Å². The van der Waals surface area contributed by atoms with E-state index in [2.05, 4.69) is 65.6 Å². The summed E-state index contributed by atoms with van der Waals surface area (Å²) in [5, 5.41) is 0. The van der Waals surface area contributed by atoms with Crippen molar-refractivity contribution in [1.29, 1.82) is 0 Å². The highest BCUT2D eigenvalue weighted by atomic mass is 15.2. The molecule has 0 unspecified atom stereocenters. The van der Waals surface area contributed by atoms with E-state index in [1.165, 1.54) is 37.1 Å². The molecule has 0 bridgehead atoms. The molecular weight excluding hydrogens is 218 g/mol. The van der Waals surface area contributed by atoms with Crippen molar-refractivity contribution < 1.29 is 0 Å². The van der Waals surface area contributed by atoms with Crippen LogP contribution in [0.25, 0.3) is 0 Å². The number of hydrogen-bond donors (Lipinski definition) is 0. The van der Waals surface area contributed by atoms with Crippen LogP contribution in [-0.2, 0) is 0 Å². The predicted molar refractivity (Wildman–Crippen MR) is 76.7 cm³/mol. The fourth-order valence-electron chi connectivity index (χ4n) is 2.68. The summed E-state index contributed by atoms with van der Waals surface area (Å²) in [7, 11) is 0. The van der Waals surface area contributed by atoms with Crippen molar-refractivity contribution in [1.82, 2.24) is 0 Å². The van der Waals surface area contributed by atoms with Gasteiger partial charge in [-0.25, -0.2) is 0 Å². The lowest BCUT2D eigenvalue weighted by molar-refractivity contribution is 0.849. The number of para-hydroxylation sites is 2. The van der Waals surface area contributed by atoms with Gasteiger partial charge in [-0.2, -0.15) is 0 Å². The summed E-state index contributed by atoms with van der Waals surface area (Å²) in [5.74, 6) is 0. The van der Waals surface area contributed by atoms with Gasteiger partial charge >= 0.3 is 0 Å². The average Bonchev–Trinajstić information content (AvgIpc) is 2.95. The molecule has 0 aliphatic heterocycles. The Bertz CT molecular complexity index is 432. The highest BCUT2D eigenvalue weighted by Gasteiger charge is 2.24. The SMILES string of the molecule is c1ccc(N([C]2CCCC2)c2ccccc2)cc1. The zero-order valence-electron chi connectivity index (χ0n) is 10.5. The highest BCUT2D eigenvalue weighted by Crippen LogP contribution is 2.39. The first kappa shape index (κ1) is 11.3. The van der Waals surface area contributed by atoms with Gasteiger partial charge in [-0.3, -0.25) is 0 Å². The van der Waals surface area contributed by atoms with E-state index in [0.29, 0.717) is 0 Å². The molecule has 3 rings (SSSR count). The van der Waals surface area contributed by atoms with Crippen molar-refractivity contribution >= 4 is 11.4 Å². The minimum Gasteiger partial charge on any atom is -0.333 e. The Balaban J connectivity index is 1.98. The van der Waals surface area contributed by atoms with Crippen LogP contribution in [0.4, 0.5) is 11.4 Å². The molecule has 1 aliphatic carbocycles. The molecule has 0 N–H and O–H groups in total. The third-order valence-corrected chi connectivity index (χ3v) is 3.53. The lowest BCUT2D eigenvalue weighted by Crippen LogP contribution is -2.21. The second-order valence-electron chi connectivity index (χ2n) is 4.78. The standard InChI is InChI=1S/C17H18N/c1-3-9-15(10-4-1)18(17-13-7-8-14-17)16-11-5-2-6-12-16/h1-6,9-12H,7-8,13-14H2. The fraction of sp³-hybridized carbons (Fsp3) is 0.235. The zero-order valence-corrected chi connectivity index (χ0v) is 10.5. The van der Waals surface area contributed by atoms with Gasteiger partial charge in [0.2, 0.25) is 0 Å². The first-order valence-electron chi connectivity index (χ1n) is 6.70. The molecule has 91 valence electrons. The number of anilines is 2. The third-order valence-electron chi connectivity index (χ3n) is 3.53. The Morgan fingerprint density at radius 2 is 1.06 bits per heavy atom. The molecule has 1 aliphatic rings. The van der Waals surface area contributed by atoms with Gasteiger partial charge in [0.05, 0.1) is 6.04 Å². The fourth-order valence-corrected chi connectivity index (χ4v) is 2.68. The van der Waals surface area contributed by atoms with Crippen molar-refractivity contribution in [2.24, 2.45) is 0 Å². The van der Waals surface area contributed by atoms with E-state index in [0.717, 1.165) is 0 Å². The maximum atomic E-state index is 2.42. The maximum Gasteiger partial charge on any atom is 0.0686 e. The largest absolute Gasteiger partial charge is 0.333 e. The maximum absolute atomic E-state index is 2.42. The van der Waals surface area contributed by atoms with Crippen LogP contribution in [0.3, 0.4) is 0 Å². The van der Waals surface area contributed by atoms with E-state index in [4.69, 9.17) is 0 Å². The first-order chi connectivity index (χ1) is 8.95. The molecule has 1 fully saturated rings. The van der Waals surface area contributed by atoms with Crippen molar-refractivity contribution in [3.8, 4) is 0 Å². The molecule has 0 aromatic heterocycles.